The predicted molar refractivity (Wildman–Crippen MR) is 105 cm³/mol. The van der Waals surface area contributed by atoms with Gasteiger partial charge in [-0.05, 0) is 49.2 Å². The minimum absolute atomic E-state index is 0.101. The number of pyridine rings is 1. The van der Waals surface area contributed by atoms with Crippen molar-refractivity contribution in [2.45, 2.75) is 25.4 Å². The zero-order valence-corrected chi connectivity index (χ0v) is 15.3. The molecule has 0 spiro atoms. The lowest BCUT2D eigenvalue weighted by Crippen LogP contribution is -2.02. The second kappa shape index (κ2) is 7.12. The van der Waals surface area contributed by atoms with Crippen LogP contribution in [0.3, 0.4) is 0 Å². The first kappa shape index (κ1) is 17.5. The van der Waals surface area contributed by atoms with Crippen molar-refractivity contribution < 1.29 is 13.5 Å². The van der Waals surface area contributed by atoms with Crippen molar-refractivity contribution in [3.05, 3.63) is 66.7 Å². The van der Waals surface area contributed by atoms with Gasteiger partial charge in [0.1, 0.15) is 22.9 Å². The van der Waals surface area contributed by atoms with Crippen LogP contribution in [0.2, 0.25) is 0 Å². The van der Waals surface area contributed by atoms with Crippen LogP contribution in [0.15, 0.2) is 61.1 Å². The van der Waals surface area contributed by atoms with Crippen LogP contribution >= 0.6 is 0 Å². The number of hydrogen-bond donors (Lipinski definition) is 1. The molecule has 3 aromatic heterocycles. The van der Waals surface area contributed by atoms with Crippen LogP contribution < -0.4 is 10.1 Å². The van der Waals surface area contributed by atoms with Gasteiger partial charge in [-0.25, -0.2) is 9.97 Å². The van der Waals surface area contributed by atoms with Gasteiger partial charge >= 0.3 is 6.61 Å². The minimum Gasteiger partial charge on any atom is -0.435 e. The van der Waals surface area contributed by atoms with Crippen molar-refractivity contribution >= 4 is 17.2 Å². The van der Waals surface area contributed by atoms with E-state index < -0.39 is 6.61 Å². The molecule has 0 saturated heterocycles. The molecule has 8 heteroatoms. The fraction of sp³-hybridized carbons (Fsp3) is 0.190. The number of aromatic nitrogens is 4. The maximum Gasteiger partial charge on any atom is 0.387 e. The largest absolute Gasteiger partial charge is 0.435 e. The van der Waals surface area contributed by atoms with E-state index in [4.69, 9.17) is 4.98 Å². The summed E-state index contributed by atoms with van der Waals surface area (Å²) in [6, 6.07) is 12.1. The Morgan fingerprint density at radius 3 is 2.62 bits per heavy atom. The molecule has 29 heavy (non-hydrogen) atoms. The lowest BCUT2D eigenvalue weighted by atomic mass is 10.2. The maximum absolute atomic E-state index is 12.3. The first-order chi connectivity index (χ1) is 14.2. The van der Waals surface area contributed by atoms with Gasteiger partial charge in [0.05, 0.1) is 23.8 Å². The fourth-order valence-corrected chi connectivity index (χ4v) is 3.23. The van der Waals surface area contributed by atoms with Gasteiger partial charge in [-0.3, -0.25) is 9.38 Å². The molecule has 0 unspecified atom stereocenters. The Morgan fingerprint density at radius 1 is 1.03 bits per heavy atom. The zero-order chi connectivity index (χ0) is 19.8. The molecule has 0 amide bonds. The van der Waals surface area contributed by atoms with E-state index in [1.165, 1.54) is 25.0 Å². The number of fused-ring (bicyclic) bond motifs is 1. The molecule has 3 heterocycles. The SMILES string of the molecule is FC(F)Oc1ccc(Nc2cncc(-c3cccc4nc(C5CC5)cn34)n2)cc1. The molecule has 1 aliphatic rings. The predicted octanol–water partition coefficient (Wildman–Crippen LogP) is 5.01. The van der Waals surface area contributed by atoms with Gasteiger partial charge in [0.15, 0.2) is 0 Å². The van der Waals surface area contributed by atoms with E-state index in [-0.39, 0.29) is 5.75 Å². The van der Waals surface area contributed by atoms with Gasteiger partial charge in [0.25, 0.3) is 0 Å². The smallest absolute Gasteiger partial charge is 0.387 e. The Morgan fingerprint density at radius 2 is 1.86 bits per heavy atom. The highest BCUT2D eigenvalue weighted by Crippen LogP contribution is 2.39. The Bertz CT molecular complexity index is 1160. The Balaban J connectivity index is 1.42. The number of alkyl halides is 2. The third kappa shape index (κ3) is 3.73. The quantitative estimate of drug-likeness (QED) is 0.499. The van der Waals surface area contributed by atoms with E-state index in [1.807, 2.05) is 22.6 Å². The molecule has 1 saturated carbocycles. The molecule has 1 N–H and O–H groups in total. The van der Waals surface area contributed by atoms with Crippen LogP contribution in [0.5, 0.6) is 5.75 Å². The molecule has 1 aromatic carbocycles. The highest BCUT2D eigenvalue weighted by Gasteiger charge is 2.26. The van der Waals surface area contributed by atoms with Crippen molar-refractivity contribution in [2.75, 3.05) is 5.32 Å². The monoisotopic (exact) mass is 393 g/mol. The molecule has 5 rings (SSSR count). The summed E-state index contributed by atoms with van der Waals surface area (Å²) in [7, 11) is 0. The molecular weight excluding hydrogens is 376 g/mol. The summed E-state index contributed by atoms with van der Waals surface area (Å²) in [5.74, 6) is 1.21. The van der Waals surface area contributed by atoms with Gasteiger partial charge in [-0.15, -0.1) is 0 Å². The number of nitrogens with zero attached hydrogens (tertiary/aromatic N) is 4. The van der Waals surface area contributed by atoms with Crippen LogP contribution in [0.1, 0.15) is 24.5 Å². The third-order valence-electron chi connectivity index (χ3n) is 4.76. The number of halogens is 2. The number of hydrogen-bond acceptors (Lipinski definition) is 5. The van der Waals surface area contributed by atoms with E-state index in [0.717, 1.165) is 17.0 Å². The van der Waals surface area contributed by atoms with Crippen molar-refractivity contribution in [3.8, 4) is 17.1 Å². The summed E-state index contributed by atoms with van der Waals surface area (Å²) in [6.07, 6.45) is 7.78. The zero-order valence-electron chi connectivity index (χ0n) is 15.3. The number of ether oxygens (including phenoxy) is 1. The Kier molecular flexibility index (Phi) is 4.31. The van der Waals surface area contributed by atoms with Crippen molar-refractivity contribution in [1.82, 2.24) is 19.4 Å². The van der Waals surface area contributed by atoms with E-state index >= 15 is 0 Å². The van der Waals surface area contributed by atoms with Crippen molar-refractivity contribution in [2.24, 2.45) is 0 Å². The molecule has 0 aliphatic heterocycles. The summed E-state index contributed by atoms with van der Waals surface area (Å²) in [6.45, 7) is -2.84. The molecule has 0 atom stereocenters. The molecule has 146 valence electrons. The summed E-state index contributed by atoms with van der Waals surface area (Å²) in [4.78, 5) is 13.7. The topological polar surface area (TPSA) is 64.3 Å². The third-order valence-corrected chi connectivity index (χ3v) is 4.76. The fourth-order valence-electron chi connectivity index (χ4n) is 3.23. The summed E-state index contributed by atoms with van der Waals surface area (Å²) in [5, 5.41) is 3.13. The lowest BCUT2D eigenvalue weighted by Gasteiger charge is -2.09. The van der Waals surface area contributed by atoms with Crippen molar-refractivity contribution in [1.29, 1.82) is 0 Å². The lowest BCUT2D eigenvalue weighted by molar-refractivity contribution is -0.0498. The summed E-state index contributed by atoms with van der Waals surface area (Å²) in [5.41, 5.74) is 4.30. The molecule has 0 radical (unpaired) electrons. The standard InChI is InChI=1S/C21H17F2N5O/c22-21(23)29-15-8-6-14(7-9-15)25-19-11-24-10-16(26-19)18-2-1-3-20-27-17(12-28(18)20)13-4-5-13/h1-3,6-13,21H,4-5H2,(H,25,26). The highest BCUT2D eigenvalue weighted by atomic mass is 19.3. The van der Waals surface area contributed by atoms with Crippen LogP contribution in [-0.4, -0.2) is 26.0 Å². The van der Waals surface area contributed by atoms with Gasteiger partial charge in [-0.1, -0.05) is 6.07 Å². The first-order valence-electron chi connectivity index (χ1n) is 9.28. The van der Waals surface area contributed by atoms with Crippen LogP contribution in [0, 0.1) is 0 Å². The number of imidazole rings is 1. The van der Waals surface area contributed by atoms with Crippen LogP contribution in [-0.2, 0) is 0 Å². The van der Waals surface area contributed by atoms with Crippen LogP contribution in [0.25, 0.3) is 17.0 Å². The molecule has 1 fully saturated rings. The number of benzene rings is 1. The average Bonchev–Trinajstić information content (AvgIpc) is 3.47. The minimum atomic E-state index is -2.84. The van der Waals surface area contributed by atoms with Crippen LogP contribution in [0.4, 0.5) is 20.3 Å². The Hall–Kier alpha value is -3.55. The van der Waals surface area contributed by atoms with Gasteiger partial charge in [-0.2, -0.15) is 8.78 Å². The highest BCUT2D eigenvalue weighted by molar-refractivity contribution is 5.63. The van der Waals surface area contributed by atoms with E-state index in [0.29, 0.717) is 23.1 Å². The molecule has 0 bridgehead atoms. The van der Waals surface area contributed by atoms with Gasteiger partial charge in [0.2, 0.25) is 0 Å². The van der Waals surface area contributed by atoms with Gasteiger partial charge < -0.3 is 10.1 Å². The summed E-state index contributed by atoms with van der Waals surface area (Å²) < 4.78 is 30.9. The molecular formula is C21H17F2N5O. The molecule has 4 aromatic rings. The Labute approximate surface area is 165 Å². The average molecular weight is 393 g/mol. The summed E-state index contributed by atoms with van der Waals surface area (Å²) >= 11 is 0. The second-order valence-electron chi connectivity index (χ2n) is 6.90. The number of anilines is 2. The maximum atomic E-state index is 12.3. The van der Waals surface area contributed by atoms with Crippen molar-refractivity contribution in [3.63, 3.8) is 0 Å². The number of nitrogens with one attached hydrogen (secondary N) is 1. The van der Waals surface area contributed by atoms with Gasteiger partial charge in [0, 0.05) is 17.8 Å². The van der Waals surface area contributed by atoms with E-state index in [1.54, 1.807) is 24.5 Å². The normalized spacial score (nSPS) is 13.8. The molecule has 1 aliphatic carbocycles. The molecule has 6 nitrogen and oxygen atoms in total. The van der Waals surface area contributed by atoms with E-state index in [9.17, 15) is 8.78 Å². The first-order valence-corrected chi connectivity index (χ1v) is 9.28. The second-order valence-corrected chi connectivity index (χ2v) is 6.90. The van der Waals surface area contributed by atoms with E-state index in [2.05, 4.69) is 26.2 Å². The number of rotatable bonds is 6.